The van der Waals surface area contributed by atoms with E-state index in [-0.39, 0.29) is 6.10 Å². The zero-order valence-corrected chi connectivity index (χ0v) is 12.3. The fraction of sp³-hybridized carbons (Fsp3) is 0.647. The van der Waals surface area contributed by atoms with Gasteiger partial charge in [0.25, 0.3) is 0 Å². The summed E-state index contributed by atoms with van der Waals surface area (Å²) in [6, 6.07) is 9.21. The van der Waals surface area contributed by atoms with Crippen LogP contribution >= 0.6 is 0 Å². The fourth-order valence-corrected chi connectivity index (χ4v) is 2.95. The molecule has 1 saturated carbocycles. The van der Waals surface area contributed by atoms with Crippen LogP contribution in [0.25, 0.3) is 0 Å². The van der Waals surface area contributed by atoms with Gasteiger partial charge in [-0.05, 0) is 50.3 Å². The van der Waals surface area contributed by atoms with Crippen molar-refractivity contribution in [3.05, 3.63) is 29.8 Å². The van der Waals surface area contributed by atoms with Crippen LogP contribution < -0.4 is 10.1 Å². The normalized spacial score (nSPS) is 26.4. The van der Waals surface area contributed by atoms with Crippen molar-refractivity contribution < 1.29 is 9.47 Å². The summed E-state index contributed by atoms with van der Waals surface area (Å²) in [6.07, 6.45) is 5.38. The Morgan fingerprint density at radius 2 is 2.00 bits per heavy atom. The predicted molar refractivity (Wildman–Crippen MR) is 80.1 cm³/mol. The summed E-state index contributed by atoms with van der Waals surface area (Å²) in [5.74, 6) is 1.54. The maximum atomic E-state index is 6.05. The summed E-state index contributed by atoms with van der Waals surface area (Å²) in [4.78, 5) is 0. The van der Waals surface area contributed by atoms with Crippen LogP contribution in [0.5, 0.6) is 5.75 Å². The van der Waals surface area contributed by atoms with E-state index in [1.54, 1.807) is 0 Å². The lowest BCUT2D eigenvalue weighted by Crippen LogP contribution is -2.32. The SMILES string of the molecule is CCOc1ccc(C2OCCCC2CNC2CC2)cc1. The molecule has 1 heterocycles. The standard InChI is InChI=1S/C17H25NO2/c1-2-19-16-9-5-13(6-10-16)17-14(4-3-11-20-17)12-18-15-7-8-15/h5-6,9-10,14-15,17-18H,2-4,7-8,11-12H2,1H3. The molecular weight excluding hydrogens is 250 g/mol. The first kappa shape index (κ1) is 13.9. The third-order valence-corrected chi connectivity index (χ3v) is 4.21. The molecule has 1 aliphatic carbocycles. The van der Waals surface area contributed by atoms with E-state index in [4.69, 9.17) is 9.47 Å². The van der Waals surface area contributed by atoms with E-state index in [9.17, 15) is 0 Å². The second-order valence-corrected chi connectivity index (χ2v) is 5.88. The first-order valence-corrected chi connectivity index (χ1v) is 7.94. The Bertz CT molecular complexity index is 414. The Kier molecular flexibility index (Phi) is 4.58. The van der Waals surface area contributed by atoms with Crippen molar-refractivity contribution in [2.75, 3.05) is 19.8 Å². The molecule has 0 bridgehead atoms. The molecule has 1 aromatic carbocycles. The average Bonchev–Trinajstić information content (AvgIpc) is 3.31. The zero-order chi connectivity index (χ0) is 13.8. The van der Waals surface area contributed by atoms with Gasteiger partial charge < -0.3 is 14.8 Å². The van der Waals surface area contributed by atoms with E-state index < -0.39 is 0 Å². The molecule has 1 N–H and O–H groups in total. The molecule has 2 atom stereocenters. The molecular formula is C17H25NO2. The Balaban J connectivity index is 1.64. The minimum atomic E-state index is 0.241. The summed E-state index contributed by atoms with van der Waals surface area (Å²) in [5.41, 5.74) is 1.29. The maximum Gasteiger partial charge on any atom is 0.119 e. The van der Waals surface area contributed by atoms with Gasteiger partial charge in [-0.1, -0.05) is 12.1 Å². The number of hydrogen-bond donors (Lipinski definition) is 1. The Labute approximate surface area is 121 Å². The van der Waals surface area contributed by atoms with Crippen LogP contribution in [0.15, 0.2) is 24.3 Å². The molecule has 1 saturated heterocycles. The number of rotatable bonds is 6. The topological polar surface area (TPSA) is 30.5 Å². The van der Waals surface area contributed by atoms with Crippen molar-refractivity contribution in [2.45, 2.75) is 44.8 Å². The molecule has 3 rings (SSSR count). The number of nitrogens with one attached hydrogen (secondary N) is 1. The Hall–Kier alpha value is -1.06. The molecule has 3 nitrogen and oxygen atoms in total. The van der Waals surface area contributed by atoms with Crippen molar-refractivity contribution in [1.82, 2.24) is 5.32 Å². The minimum absolute atomic E-state index is 0.241. The summed E-state index contributed by atoms with van der Waals surface area (Å²) in [5, 5.41) is 3.65. The number of benzene rings is 1. The Morgan fingerprint density at radius 3 is 2.70 bits per heavy atom. The third-order valence-electron chi connectivity index (χ3n) is 4.21. The van der Waals surface area contributed by atoms with E-state index in [1.807, 2.05) is 6.92 Å². The quantitative estimate of drug-likeness (QED) is 0.864. The van der Waals surface area contributed by atoms with Crippen molar-refractivity contribution in [1.29, 1.82) is 0 Å². The lowest BCUT2D eigenvalue weighted by molar-refractivity contribution is -0.0278. The van der Waals surface area contributed by atoms with Gasteiger partial charge in [0.1, 0.15) is 5.75 Å². The Morgan fingerprint density at radius 1 is 1.20 bits per heavy atom. The van der Waals surface area contributed by atoms with Crippen LogP contribution in [-0.4, -0.2) is 25.8 Å². The van der Waals surface area contributed by atoms with Gasteiger partial charge in [-0.2, -0.15) is 0 Å². The molecule has 1 aromatic rings. The highest BCUT2D eigenvalue weighted by Gasteiger charge is 2.29. The highest BCUT2D eigenvalue weighted by molar-refractivity contribution is 5.29. The van der Waals surface area contributed by atoms with Crippen LogP contribution in [0, 0.1) is 5.92 Å². The summed E-state index contributed by atoms with van der Waals surface area (Å²) >= 11 is 0. The van der Waals surface area contributed by atoms with Gasteiger partial charge in [0, 0.05) is 25.1 Å². The van der Waals surface area contributed by atoms with Crippen LogP contribution in [0.4, 0.5) is 0 Å². The highest BCUT2D eigenvalue weighted by atomic mass is 16.5. The summed E-state index contributed by atoms with van der Waals surface area (Å²) in [7, 11) is 0. The molecule has 0 radical (unpaired) electrons. The molecule has 0 amide bonds. The van der Waals surface area contributed by atoms with Crippen molar-refractivity contribution in [2.24, 2.45) is 5.92 Å². The van der Waals surface area contributed by atoms with Crippen LogP contribution in [0.2, 0.25) is 0 Å². The molecule has 2 unspecified atom stereocenters. The number of ether oxygens (including phenoxy) is 2. The van der Waals surface area contributed by atoms with Crippen LogP contribution in [-0.2, 0) is 4.74 Å². The van der Waals surface area contributed by atoms with Crippen molar-refractivity contribution in [3.8, 4) is 5.75 Å². The molecule has 110 valence electrons. The molecule has 20 heavy (non-hydrogen) atoms. The molecule has 1 aliphatic heterocycles. The van der Waals surface area contributed by atoms with Crippen molar-refractivity contribution >= 4 is 0 Å². The van der Waals surface area contributed by atoms with Gasteiger partial charge in [0.2, 0.25) is 0 Å². The van der Waals surface area contributed by atoms with E-state index in [2.05, 4.69) is 29.6 Å². The van der Waals surface area contributed by atoms with Crippen LogP contribution in [0.1, 0.15) is 44.3 Å². The molecule has 0 spiro atoms. The van der Waals surface area contributed by atoms with Gasteiger partial charge in [-0.25, -0.2) is 0 Å². The minimum Gasteiger partial charge on any atom is -0.494 e. The first-order chi connectivity index (χ1) is 9.86. The lowest BCUT2D eigenvalue weighted by atomic mass is 9.89. The summed E-state index contributed by atoms with van der Waals surface area (Å²) < 4.78 is 11.6. The van der Waals surface area contributed by atoms with E-state index in [0.717, 1.165) is 24.9 Å². The van der Waals surface area contributed by atoms with Crippen LogP contribution in [0.3, 0.4) is 0 Å². The molecule has 3 heteroatoms. The molecule has 0 aromatic heterocycles. The average molecular weight is 275 g/mol. The zero-order valence-electron chi connectivity index (χ0n) is 12.3. The second-order valence-electron chi connectivity index (χ2n) is 5.88. The van der Waals surface area contributed by atoms with Gasteiger partial charge in [0.15, 0.2) is 0 Å². The largest absolute Gasteiger partial charge is 0.494 e. The molecule has 2 fully saturated rings. The van der Waals surface area contributed by atoms with Gasteiger partial charge >= 0.3 is 0 Å². The predicted octanol–water partition coefficient (Wildman–Crippen LogP) is 3.31. The van der Waals surface area contributed by atoms with Gasteiger partial charge in [-0.3, -0.25) is 0 Å². The number of hydrogen-bond acceptors (Lipinski definition) is 3. The smallest absolute Gasteiger partial charge is 0.119 e. The van der Waals surface area contributed by atoms with Gasteiger partial charge in [-0.15, -0.1) is 0 Å². The van der Waals surface area contributed by atoms with E-state index in [1.165, 1.54) is 31.2 Å². The molecule has 2 aliphatic rings. The lowest BCUT2D eigenvalue weighted by Gasteiger charge is -2.32. The van der Waals surface area contributed by atoms with E-state index >= 15 is 0 Å². The monoisotopic (exact) mass is 275 g/mol. The third kappa shape index (κ3) is 3.53. The summed E-state index contributed by atoms with van der Waals surface area (Å²) in [6.45, 7) is 4.70. The highest BCUT2D eigenvalue weighted by Crippen LogP contribution is 2.34. The second kappa shape index (κ2) is 6.59. The van der Waals surface area contributed by atoms with Gasteiger partial charge in [0.05, 0.1) is 12.7 Å². The first-order valence-electron chi connectivity index (χ1n) is 7.94. The fourth-order valence-electron chi connectivity index (χ4n) is 2.95. The maximum absolute atomic E-state index is 6.05. The van der Waals surface area contributed by atoms with E-state index in [0.29, 0.717) is 12.5 Å². The van der Waals surface area contributed by atoms with Crippen molar-refractivity contribution in [3.63, 3.8) is 0 Å².